The summed E-state index contributed by atoms with van der Waals surface area (Å²) in [6, 6.07) is 21.3. The molecular weight excluding hydrogens is 483 g/mol. The van der Waals surface area contributed by atoms with Gasteiger partial charge in [-0.1, -0.05) is 59.1 Å². The third kappa shape index (κ3) is 3.97. The van der Waals surface area contributed by atoms with Gasteiger partial charge in [-0.3, -0.25) is 18.9 Å². The van der Waals surface area contributed by atoms with Gasteiger partial charge in [-0.05, 0) is 54.1 Å². The minimum Gasteiger partial charge on any atom is -0.286 e. The van der Waals surface area contributed by atoms with Gasteiger partial charge in [0.1, 0.15) is 5.82 Å². The lowest BCUT2D eigenvalue weighted by atomic mass is 10.2. The van der Waals surface area contributed by atoms with Crippen molar-refractivity contribution in [3.63, 3.8) is 0 Å². The first-order valence-corrected chi connectivity index (χ1v) is 11.1. The van der Waals surface area contributed by atoms with Gasteiger partial charge in [-0.2, -0.15) is 0 Å². The highest BCUT2D eigenvalue weighted by atomic mass is 35.5. The molecule has 0 saturated heterocycles. The number of imidazole rings is 1. The van der Waals surface area contributed by atoms with E-state index in [0.717, 1.165) is 5.56 Å². The number of nitrogens with one attached hydrogen (secondary N) is 1. The molecule has 0 unspecified atom stereocenters. The molecule has 0 fully saturated rings. The standard InChI is InChI=1S/C24H15Cl3N4O2/c25-15-7-5-14(6-8-15)13-30-22-20(23(32)29-24(30)33)31(17-11-9-16(26)10-12-17)21(28-22)18-3-1-2-4-19(18)27/h1-12H,13H2,(H,29,32,33). The highest BCUT2D eigenvalue weighted by Crippen LogP contribution is 2.31. The van der Waals surface area contributed by atoms with Gasteiger partial charge in [0, 0.05) is 21.3 Å². The van der Waals surface area contributed by atoms with Crippen molar-refractivity contribution in [3.8, 4) is 17.1 Å². The first-order valence-electron chi connectivity index (χ1n) is 9.93. The van der Waals surface area contributed by atoms with E-state index < -0.39 is 11.2 Å². The highest BCUT2D eigenvalue weighted by Gasteiger charge is 2.22. The summed E-state index contributed by atoms with van der Waals surface area (Å²) in [5.41, 5.74) is 1.45. The smallest absolute Gasteiger partial charge is 0.286 e. The number of hydrogen-bond donors (Lipinski definition) is 1. The van der Waals surface area contributed by atoms with Gasteiger partial charge >= 0.3 is 5.69 Å². The largest absolute Gasteiger partial charge is 0.330 e. The quantitative estimate of drug-likeness (QED) is 0.354. The second-order valence-electron chi connectivity index (χ2n) is 7.37. The maximum absolute atomic E-state index is 13.0. The Balaban J connectivity index is 1.85. The summed E-state index contributed by atoms with van der Waals surface area (Å²) in [5.74, 6) is 0.430. The van der Waals surface area contributed by atoms with Gasteiger partial charge < -0.3 is 0 Å². The Morgan fingerprint density at radius 2 is 1.45 bits per heavy atom. The van der Waals surface area contributed by atoms with Crippen molar-refractivity contribution >= 4 is 46.0 Å². The zero-order chi connectivity index (χ0) is 23.1. The topological polar surface area (TPSA) is 72.7 Å². The summed E-state index contributed by atoms with van der Waals surface area (Å²) in [7, 11) is 0. The van der Waals surface area contributed by atoms with Crippen LogP contribution in [0.3, 0.4) is 0 Å². The molecule has 0 amide bonds. The number of fused-ring (bicyclic) bond motifs is 1. The van der Waals surface area contributed by atoms with Gasteiger partial charge in [0.05, 0.1) is 11.6 Å². The fourth-order valence-electron chi connectivity index (χ4n) is 3.70. The molecule has 0 aliphatic rings. The molecule has 1 N–H and O–H groups in total. The third-order valence-electron chi connectivity index (χ3n) is 5.25. The Labute approximate surface area is 202 Å². The van der Waals surface area contributed by atoms with E-state index in [1.54, 1.807) is 47.0 Å². The Morgan fingerprint density at radius 3 is 2.12 bits per heavy atom. The van der Waals surface area contributed by atoms with Crippen molar-refractivity contribution in [1.82, 2.24) is 19.1 Å². The second-order valence-corrected chi connectivity index (χ2v) is 8.65. The summed E-state index contributed by atoms with van der Waals surface area (Å²) in [5, 5.41) is 1.60. The van der Waals surface area contributed by atoms with Crippen molar-refractivity contribution < 1.29 is 0 Å². The summed E-state index contributed by atoms with van der Waals surface area (Å²) in [4.78, 5) is 33.0. The van der Waals surface area contributed by atoms with Crippen LogP contribution in [0.4, 0.5) is 0 Å². The molecule has 9 heteroatoms. The minimum atomic E-state index is -0.561. The molecule has 2 aromatic heterocycles. The highest BCUT2D eigenvalue weighted by molar-refractivity contribution is 6.33. The number of aromatic amines is 1. The molecule has 3 aromatic carbocycles. The van der Waals surface area contributed by atoms with Gasteiger partial charge in [0.15, 0.2) is 11.2 Å². The maximum Gasteiger partial charge on any atom is 0.330 e. The normalized spacial score (nSPS) is 11.2. The predicted molar refractivity (Wildman–Crippen MR) is 132 cm³/mol. The molecule has 164 valence electrons. The zero-order valence-corrected chi connectivity index (χ0v) is 19.2. The lowest BCUT2D eigenvalue weighted by molar-refractivity contribution is 0.748. The van der Waals surface area contributed by atoms with Crippen LogP contribution in [-0.4, -0.2) is 19.1 Å². The molecule has 2 heterocycles. The molecule has 0 aliphatic heterocycles. The van der Waals surface area contributed by atoms with Crippen LogP contribution in [0, 0.1) is 0 Å². The number of benzene rings is 3. The lowest BCUT2D eigenvalue weighted by Crippen LogP contribution is -2.31. The van der Waals surface area contributed by atoms with E-state index in [-0.39, 0.29) is 17.7 Å². The fraction of sp³-hybridized carbons (Fsp3) is 0.0417. The zero-order valence-electron chi connectivity index (χ0n) is 16.9. The minimum absolute atomic E-state index is 0.197. The van der Waals surface area contributed by atoms with Gasteiger partial charge in [0.25, 0.3) is 5.56 Å². The van der Waals surface area contributed by atoms with E-state index >= 15 is 0 Å². The molecule has 0 spiro atoms. The lowest BCUT2D eigenvalue weighted by Gasteiger charge is -2.10. The number of nitrogens with zero attached hydrogens (tertiary/aromatic N) is 3. The van der Waals surface area contributed by atoms with E-state index in [0.29, 0.717) is 32.1 Å². The van der Waals surface area contributed by atoms with E-state index in [1.165, 1.54) is 4.57 Å². The molecule has 0 aliphatic carbocycles. The fourth-order valence-corrected chi connectivity index (χ4v) is 4.18. The van der Waals surface area contributed by atoms with Crippen molar-refractivity contribution in [2.75, 3.05) is 0 Å². The molecule has 0 saturated carbocycles. The summed E-state index contributed by atoms with van der Waals surface area (Å²) >= 11 is 18.6. The van der Waals surface area contributed by atoms with Crippen LogP contribution in [-0.2, 0) is 6.54 Å². The molecule has 0 radical (unpaired) electrons. The predicted octanol–water partition coefficient (Wildman–Crippen LogP) is 5.55. The number of halogens is 3. The first kappa shape index (κ1) is 21.5. The summed E-state index contributed by atoms with van der Waals surface area (Å²) in [6.07, 6.45) is 0. The van der Waals surface area contributed by atoms with Crippen LogP contribution in [0.25, 0.3) is 28.2 Å². The van der Waals surface area contributed by atoms with Crippen molar-refractivity contribution in [2.24, 2.45) is 0 Å². The number of hydrogen-bond acceptors (Lipinski definition) is 3. The molecule has 33 heavy (non-hydrogen) atoms. The number of aromatic nitrogens is 4. The summed E-state index contributed by atoms with van der Waals surface area (Å²) < 4.78 is 3.11. The van der Waals surface area contributed by atoms with Gasteiger partial charge in [-0.25, -0.2) is 9.78 Å². The maximum atomic E-state index is 13.0. The van der Waals surface area contributed by atoms with Crippen LogP contribution < -0.4 is 11.2 Å². The van der Waals surface area contributed by atoms with Crippen molar-refractivity contribution in [1.29, 1.82) is 0 Å². The van der Waals surface area contributed by atoms with Crippen molar-refractivity contribution in [3.05, 3.63) is 114 Å². The molecule has 6 nitrogen and oxygen atoms in total. The third-order valence-corrected chi connectivity index (χ3v) is 6.08. The Hall–Kier alpha value is -3.32. The molecule has 0 bridgehead atoms. The number of H-pyrrole nitrogens is 1. The monoisotopic (exact) mass is 496 g/mol. The average molecular weight is 498 g/mol. The van der Waals surface area contributed by atoms with Crippen LogP contribution in [0.5, 0.6) is 0 Å². The number of rotatable bonds is 4. The average Bonchev–Trinajstić information content (AvgIpc) is 3.19. The van der Waals surface area contributed by atoms with E-state index in [2.05, 4.69) is 4.98 Å². The SMILES string of the molecule is O=c1[nH]c(=O)n(Cc2ccc(Cl)cc2)c2nc(-c3ccccc3Cl)n(-c3ccc(Cl)cc3)c12. The Bertz CT molecular complexity index is 1600. The van der Waals surface area contributed by atoms with Crippen LogP contribution in [0.15, 0.2) is 82.4 Å². The summed E-state index contributed by atoms with van der Waals surface area (Å²) in [6.45, 7) is 0.197. The molecule has 0 atom stereocenters. The molecule has 5 rings (SSSR count). The second kappa shape index (κ2) is 8.56. The van der Waals surface area contributed by atoms with E-state index in [1.807, 2.05) is 30.3 Å². The first-order chi connectivity index (χ1) is 15.9. The Kier molecular flexibility index (Phi) is 5.58. The van der Waals surface area contributed by atoms with E-state index in [4.69, 9.17) is 39.8 Å². The molecule has 5 aromatic rings. The Morgan fingerprint density at radius 1 is 0.818 bits per heavy atom. The van der Waals surface area contributed by atoms with Crippen LogP contribution in [0.1, 0.15) is 5.56 Å². The van der Waals surface area contributed by atoms with Gasteiger partial charge in [0.2, 0.25) is 0 Å². The van der Waals surface area contributed by atoms with Gasteiger partial charge in [-0.15, -0.1) is 0 Å². The van der Waals surface area contributed by atoms with E-state index in [9.17, 15) is 9.59 Å². The van der Waals surface area contributed by atoms with Crippen LogP contribution in [0.2, 0.25) is 15.1 Å². The van der Waals surface area contributed by atoms with Crippen LogP contribution >= 0.6 is 34.8 Å². The van der Waals surface area contributed by atoms with Crippen molar-refractivity contribution in [2.45, 2.75) is 6.54 Å². The molecular formula is C24H15Cl3N4O2.